The van der Waals surface area contributed by atoms with E-state index in [-0.39, 0.29) is 44.2 Å². The Bertz CT molecular complexity index is 86.6. The van der Waals surface area contributed by atoms with Crippen molar-refractivity contribution >= 4 is 0 Å². The van der Waals surface area contributed by atoms with E-state index in [1.54, 1.807) is 6.92 Å². The van der Waals surface area contributed by atoms with Gasteiger partial charge in [0.05, 0.1) is 0 Å². The van der Waals surface area contributed by atoms with Gasteiger partial charge >= 0.3 is 32.7 Å². The van der Waals surface area contributed by atoms with E-state index < -0.39 is 0 Å². The van der Waals surface area contributed by atoms with E-state index in [4.69, 9.17) is 5.73 Å². The second-order valence-corrected chi connectivity index (χ2v) is 1.65. The quantitative estimate of drug-likeness (QED) is 0.406. The second kappa shape index (κ2) is 6.58. The summed E-state index contributed by atoms with van der Waals surface area (Å²) in [4.78, 5) is 9.26. The molecule has 0 amide bonds. The molecule has 9 heavy (non-hydrogen) atoms. The molecule has 4 nitrogen and oxygen atoms in total. The first-order valence-corrected chi connectivity index (χ1v) is 2.32. The van der Waals surface area contributed by atoms with Gasteiger partial charge in [-0.3, -0.25) is 16.2 Å². The summed E-state index contributed by atoms with van der Waals surface area (Å²) >= 11 is 0. The van der Waals surface area contributed by atoms with Gasteiger partial charge in [-0.25, -0.2) is 0 Å². The van der Waals surface area contributed by atoms with Crippen LogP contribution in [-0.4, -0.2) is 11.5 Å². The van der Waals surface area contributed by atoms with Crippen molar-refractivity contribution in [1.82, 2.24) is 0 Å². The Hall–Kier alpha value is 0.464. The van der Waals surface area contributed by atoms with Crippen LogP contribution in [0.25, 0.3) is 0 Å². The maximum Gasteiger partial charge on any atom is 3.00 e. The number of nitrogens with zero attached hydrogens (tertiary/aromatic N) is 1. The fraction of sp³-hybridized carbons (Fsp3) is 0.750. The molecule has 0 aliphatic carbocycles. The molecule has 0 saturated heterocycles. The van der Waals surface area contributed by atoms with Gasteiger partial charge in [-0.05, 0) is 0 Å². The van der Waals surface area contributed by atoms with Gasteiger partial charge in [-0.15, -0.1) is 0 Å². The number of nitrogens with two attached hydrogens (primary N) is 1. The van der Waals surface area contributed by atoms with Gasteiger partial charge in [0.1, 0.15) is 0 Å². The van der Waals surface area contributed by atoms with Gasteiger partial charge in [0, 0.05) is 4.92 Å². The summed E-state index contributed by atoms with van der Waals surface area (Å²) in [7, 11) is 0. The monoisotopic (exact) mass is 206 g/mol. The van der Waals surface area contributed by atoms with Crippen LogP contribution in [0.15, 0.2) is 0 Å². The SMILES string of the molecule is C[C-](N)CC[N+](=O)[O-].[Y+3]. The minimum absolute atomic E-state index is 0. The molecule has 0 bridgehead atoms. The molecule has 0 heterocycles. The summed E-state index contributed by atoms with van der Waals surface area (Å²) in [6, 6.07) is 0.613. The molecule has 0 aliphatic rings. The molecule has 0 rings (SSSR count). The Morgan fingerprint density at radius 3 is 2.33 bits per heavy atom. The Balaban J connectivity index is 0. The Morgan fingerprint density at radius 1 is 1.78 bits per heavy atom. The maximum absolute atomic E-state index is 9.64. The van der Waals surface area contributed by atoms with E-state index >= 15 is 0 Å². The normalized spacial score (nSPS) is 8.78. The molecule has 0 aromatic heterocycles. The van der Waals surface area contributed by atoms with Crippen molar-refractivity contribution < 1.29 is 37.6 Å². The third kappa shape index (κ3) is 11.8. The average Bonchev–Trinajstić information content (AvgIpc) is 1.61. The Kier molecular flexibility index (Phi) is 8.90. The van der Waals surface area contributed by atoms with Crippen LogP contribution in [0.1, 0.15) is 13.3 Å². The largest absolute Gasteiger partial charge is 3.00 e. The van der Waals surface area contributed by atoms with Crippen LogP contribution in [0.5, 0.6) is 0 Å². The fourth-order valence-corrected chi connectivity index (χ4v) is 0.268. The van der Waals surface area contributed by atoms with Crippen molar-refractivity contribution in [3.05, 3.63) is 16.2 Å². The van der Waals surface area contributed by atoms with E-state index in [0.29, 0.717) is 12.5 Å². The average molecular weight is 206 g/mol. The molecule has 0 fully saturated rings. The minimum atomic E-state index is -0.379. The van der Waals surface area contributed by atoms with Crippen LogP contribution in [0.3, 0.4) is 0 Å². The predicted molar refractivity (Wildman–Crippen MR) is 29.6 cm³/mol. The number of hydrogen-bond donors (Lipinski definition) is 1. The standard InChI is InChI=1S/C4H9N2O2.Y/c1-4(5)2-3-6(7)8;/h2-3,5H2,1H3;/q-1;+3. The second-order valence-electron chi connectivity index (χ2n) is 1.65. The van der Waals surface area contributed by atoms with Crippen LogP contribution in [0, 0.1) is 16.2 Å². The smallest absolute Gasteiger partial charge is 0.480 e. The van der Waals surface area contributed by atoms with Gasteiger partial charge < -0.3 is 5.73 Å². The van der Waals surface area contributed by atoms with Crippen LogP contribution in [0.4, 0.5) is 0 Å². The summed E-state index contributed by atoms with van der Waals surface area (Å²) in [5.41, 5.74) is 5.15. The fourth-order valence-electron chi connectivity index (χ4n) is 0.268. The molecule has 0 aromatic carbocycles. The van der Waals surface area contributed by atoms with Crippen molar-refractivity contribution in [2.24, 2.45) is 5.73 Å². The number of nitro groups is 1. The van der Waals surface area contributed by atoms with Crippen LogP contribution in [0.2, 0.25) is 0 Å². The molecular formula is C4H9N2O2Y+2. The first kappa shape index (κ1) is 12.2. The molecule has 48 valence electrons. The van der Waals surface area contributed by atoms with E-state index in [1.165, 1.54) is 0 Å². The summed E-state index contributed by atoms with van der Waals surface area (Å²) in [5.74, 6) is 0. The first-order chi connectivity index (χ1) is 3.63. The van der Waals surface area contributed by atoms with Gasteiger partial charge in [0.25, 0.3) is 0 Å². The van der Waals surface area contributed by atoms with Crippen molar-refractivity contribution in [1.29, 1.82) is 0 Å². The zero-order valence-electron chi connectivity index (χ0n) is 5.33. The zero-order valence-corrected chi connectivity index (χ0v) is 8.17. The molecule has 0 aromatic rings. The Labute approximate surface area is 79.2 Å². The summed E-state index contributed by atoms with van der Waals surface area (Å²) in [6.45, 7) is 1.62. The van der Waals surface area contributed by atoms with E-state index in [1.807, 2.05) is 0 Å². The predicted octanol–water partition coefficient (Wildman–Crippen LogP) is 0.161. The first-order valence-electron chi connectivity index (χ1n) is 2.32. The van der Waals surface area contributed by atoms with Crippen LogP contribution < -0.4 is 5.73 Å². The Morgan fingerprint density at radius 2 is 2.22 bits per heavy atom. The third-order valence-electron chi connectivity index (χ3n) is 0.689. The van der Waals surface area contributed by atoms with Crippen molar-refractivity contribution in [2.45, 2.75) is 13.3 Å². The molecule has 0 unspecified atom stereocenters. The van der Waals surface area contributed by atoms with Crippen molar-refractivity contribution in [2.75, 3.05) is 6.54 Å². The van der Waals surface area contributed by atoms with Gasteiger partial charge in [0.15, 0.2) is 6.54 Å². The van der Waals surface area contributed by atoms with Crippen LogP contribution >= 0.6 is 0 Å². The molecule has 0 radical (unpaired) electrons. The summed E-state index contributed by atoms with van der Waals surface area (Å²) in [5, 5.41) is 9.64. The molecule has 0 aliphatic heterocycles. The third-order valence-corrected chi connectivity index (χ3v) is 0.689. The van der Waals surface area contributed by atoms with E-state index in [9.17, 15) is 10.1 Å². The van der Waals surface area contributed by atoms with Crippen molar-refractivity contribution in [3.8, 4) is 0 Å². The molecule has 0 spiro atoms. The number of rotatable bonds is 3. The van der Waals surface area contributed by atoms with Gasteiger partial charge in [0.2, 0.25) is 0 Å². The topological polar surface area (TPSA) is 69.2 Å². The van der Waals surface area contributed by atoms with Gasteiger partial charge in [-0.1, -0.05) is 6.42 Å². The molecule has 5 heteroatoms. The van der Waals surface area contributed by atoms with E-state index in [0.717, 1.165) is 0 Å². The maximum atomic E-state index is 9.64. The van der Waals surface area contributed by atoms with Crippen LogP contribution in [-0.2, 0) is 32.7 Å². The molecule has 0 atom stereocenters. The van der Waals surface area contributed by atoms with Gasteiger partial charge in [-0.2, -0.15) is 6.92 Å². The molecule has 0 saturated carbocycles. The van der Waals surface area contributed by atoms with Crippen molar-refractivity contribution in [3.63, 3.8) is 0 Å². The zero-order chi connectivity index (χ0) is 6.57. The summed E-state index contributed by atoms with van der Waals surface area (Å²) in [6.07, 6.45) is 0.382. The van der Waals surface area contributed by atoms with E-state index in [2.05, 4.69) is 0 Å². The summed E-state index contributed by atoms with van der Waals surface area (Å²) < 4.78 is 0. The number of hydrogen-bond acceptors (Lipinski definition) is 3. The minimum Gasteiger partial charge on any atom is -0.480 e. The molecular weight excluding hydrogens is 197 g/mol. The molecule has 2 N–H and O–H groups in total.